The lowest BCUT2D eigenvalue weighted by atomic mass is 10.2. The topological polar surface area (TPSA) is 84.9 Å². The van der Waals surface area contributed by atoms with Crippen LogP contribution in [0.1, 0.15) is 30.1 Å². The summed E-state index contributed by atoms with van der Waals surface area (Å²) in [5.41, 5.74) is 0.607. The van der Waals surface area contributed by atoms with Crippen molar-refractivity contribution in [3.8, 4) is 0 Å². The Hall–Kier alpha value is -2.12. The highest BCUT2D eigenvalue weighted by atomic mass is 35.5. The molecule has 0 saturated carbocycles. The maximum Gasteiger partial charge on any atom is 0.337 e. The van der Waals surface area contributed by atoms with Crippen molar-refractivity contribution in [3.63, 3.8) is 0 Å². The molecular formula is C17H23ClN2O5. The van der Waals surface area contributed by atoms with Gasteiger partial charge in [0.2, 0.25) is 11.8 Å². The van der Waals surface area contributed by atoms with Crippen molar-refractivity contribution in [1.82, 2.24) is 4.90 Å². The number of benzene rings is 1. The Labute approximate surface area is 152 Å². The van der Waals surface area contributed by atoms with Gasteiger partial charge in [-0.1, -0.05) is 11.6 Å². The number of esters is 1. The largest absolute Gasteiger partial charge is 0.465 e. The minimum Gasteiger partial charge on any atom is -0.465 e. The molecule has 1 N–H and O–H groups in total. The van der Waals surface area contributed by atoms with Crippen molar-refractivity contribution in [2.75, 3.05) is 39.2 Å². The SMILES string of the molecule is COCCCN(CCC(=O)Nc1cc(C(=O)OC)ccc1Cl)C(C)=O. The van der Waals surface area contributed by atoms with Gasteiger partial charge >= 0.3 is 5.97 Å². The Morgan fingerprint density at radius 3 is 2.52 bits per heavy atom. The van der Waals surface area contributed by atoms with Gasteiger partial charge in [-0.25, -0.2) is 4.79 Å². The van der Waals surface area contributed by atoms with Crippen molar-refractivity contribution in [2.45, 2.75) is 19.8 Å². The molecule has 0 spiro atoms. The first-order chi connectivity index (χ1) is 11.9. The summed E-state index contributed by atoms with van der Waals surface area (Å²) >= 11 is 6.04. The number of carbonyl (C=O) groups is 3. The number of anilines is 1. The highest BCUT2D eigenvalue weighted by Gasteiger charge is 2.14. The van der Waals surface area contributed by atoms with Crippen LogP contribution >= 0.6 is 11.6 Å². The zero-order chi connectivity index (χ0) is 18.8. The Bertz CT molecular complexity index is 621. The molecule has 8 heteroatoms. The molecule has 0 radical (unpaired) electrons. The highest BCUT2D eigenvalue weighted by Crippen LogP contribution is 2.23. The van der Waals surface area contributed by atoms with Gasteiger partial charge in [0, 0.05) is 40.2 Å². The second-order valence-corrected chi connectivity index (χ2v) is 5.74. The zero-order valence-electron chi connectivity index (χ0n) is 14.6. The predicted octanol–water partition coefficient (Wildman–Crippen LogP) is 2.34. The van der Waals surface area contributed by atoms with Gasteiger partial charge in [-0.2, -0.15) is 0 Å². The van der Waals surface area contributed by atoms with Crippen molar-refractivity contribution in [1.29, 1.82) is 0 Å². The fraction of sp³-hybridized carbons (Fsp3) is 0.471. The van der Waals surface area contributed by atoms with Gasteiger partial charge < -0.3 is 19.7 Å². The monoisotopic (exact) mass is 370 g/mol. The van der Waals surface area contributed by atoms with Gasteiger partial charge in [0.1, 0.15) is 0 Å². The first-order valence-corrected chi connectivity index (χ1v) is 8.19. The van der Waals surface area contributed by atoms with Crippen LogP contribution in [-0.4, -0.2) is 56.6 Å². The normalized spacial score (nSPS) is 10.2. The first-order valence-electron chi connectivity index (χ1n) is 7.81. The Morgan fingerprint density at radius 2 is 1.92 bits per heavy atom. The molecule has 0 saturated heterocycles. The average Bonchev–Trinajstić information content (AvgIpc) is 2.58. The number of halogens is 1. The molecule has 25 heavy (non-hydrogen) atoms. The Balaban J connectivity index is 2.63. The summed E-state index contributed by atoms with van der Waals surface area (Å²) < 4.78 is 9.60. The molecule has 0 fully saturated rings. The molecule has 0 heterocycles. The van der Waals surface area contributed by atoms with Gasteiger partial charge in [-0.05, 0) is 24.6 Å². The minimum absolute atomic E-state index is 0.102. The number of carbonyl (C=O) groups excluding carboxylic acids is 3. The second-order valence-electron chi connectivity index (χ2n) is 5.34. The van der Waals surface area contributed by atoms with Crippen LogP contribution in [0.4, 0.5) is 5.69 Å². The van der Waals surface area contributed by atoms with E-state index in [2.05, 4.69) is 10.1 Å². The fourth-order valence-corrected chi connectivity index (χ4v) is 2.31. The molecular weight excluding hydrogens is 348 g/mol. The van der Waals surface area contributed by atoms with E-state index in [0.717, 1.165) is 0 Å². The summed E-state index contributed by atoms with van der Waals surface area (Å²) in [6.45, 7) is 2.82. The lowest BCUT2D eigenvalue weighted by molar-refractivity contribution is -0.129. The van der Waals surface area contributed by atoms with Crippen molar-refractivity contribution < 1.29 is 23.9 Å². The third-order valence-electron chi connectivity index (χ3n) is 3.49. The second kappa shape index (κ2) is 10.7. The van der Waals surface area contributed by atoms with Gasteiger partial charge in [-0.3, -0.25) is 9.59 Å². The van der Waals surface area contributed by atoms with E-state index in [9.17, 15) is 14.4 Å². The van der Waals surface area contributed by atoms with Gasteiger partial charge in [0.25, 0.3) is 0 Å². The smallest absolute Gasteiger partial charge is 0.337 e. The van der Waals surface area contributed by atoms with Crippen molar-refractivity contribution in [3.05, 3.63) is 28.8 Å². The van der Waals surface area contributed by atoms with Crippen LogP contribution in [0.5, 0.6) is 0 Å². The Kier molecular flexibility index (Phi) is 8.94. The van der Waals surface area contributed by atoms with Gasteiger partial charge in [-0.15, -0.1) is 0 Å². The van der Waals surface area contributed by atoms with Crippen LogP contribution in [0.15, 0.2) is 18.2 Å². The molecule has 0 bridgehead atoms. The number of hydrogen-bond acceptors (Lipinski definition) is 5. The summed E-state index contributed by atoms with van der Waals surface area (Å²) in [5.74, 6) is -0.926. The third kappa shape index (κ3) is 7.11. The van der Waals surface area contributed by atoms with E-state index in [0.29, 0.717) is 36.8 Å². The standard InChI is InChI=1S/C17H23ClN2O5/c1-12(21)20(8-4-10-24-2)9-7-16(22)19-15-11-13(17(23)25-3)5-6-14(15)18/h5-6,11H,4,7-10H2,1-3H3,(H,19,22). The molecule has 138 valence electrons. The van der Waals surface area contributed by atoms with E-state index in [1.165, 1.54) is 32.2 Å². The molecule has 1 rings (SSSR count). The van der Waals surface area contributed by atoms with Crippen LogP contribution in [0.2, 0.25) is 5.02 Å². The number of nitrogens with one attached hydrogen (secondary N) is 1. The minimum atomic E-state index is -0.520. The average molecular weight is 371 g/mol. The molecule has 0 atom stereocenters. The summed E-state index contributed by atoms with van der Waals surface area (Å²) in [5, 5.41) is 2.96. The molecule has 0 aliphatic rings. The summed E-state index contributed by atoms with van der Waals surface area (Å²) in [6, 6.07) is 4.47. The van der Waals surface area contributed by atoms with Gasteiger partial charge in [0.05, 0.1) is 23.4 Å². The molecule has 1 aromatic rings. The van der Waals surface area contributed by atoms with Crippen molar-refractivity contribution in [2.24, 2.45) is 0 Å². The van der Waals surface area contributed by atoms with E-state index in [-0.39, 0.29) is 23.8 Å². The summed E-state index contributed by atoms with van der Waals surface area (Å²) in [6.07, 6.45) is 0.816. The molecule has 0 unspecified atom stereocenters. The number of methoxy groups -OCH3 is 2. The molecule has 1 aromatic carbocycles. The van der Waals surface area contributed by atoms with Crippen LogP contribution in [-0.2, 0) is 19.1 Å². The molecule has 0 aliphatic heterocycles. The summed E-state index contributed by atoms with van der Waals surface area (Å²) in [4.78, 5) is 36.9. The van der Waals surface area contributed by atoms with Crippen LogP contribution in [0.25, 0.3) is 0 Å². The van der Waals surface area contributed by atoms with E-state index in [1.807, 2.05) is 0 Å². The lowest BCUT2D eigenvalue weighted by Gasteiger charge is -2.20. The highest BCUT2D eigenvalue weighted by molar-refractivity contribution is 6.33. The van der Waals surface area contributed by atoms with Crippen LogP contribution in [0.3, 0.4) is 0 Å². The number of ether oxygens (including phenoxy) is 2. The molecule has 7 nitrogen and oxygen atoms in total. The molecule has 0 aliphatic carbocycles. The maximum absolute atomic E-state index is 12.1. The molecule has 2 amide bonds. The number of rotatable bonds is 9. The fourth-order valence-electron chi connectivity index (χ4n) is 2.14. The van der Waals surface area contributed by atoms with Crippen LogP contribution < -0.4 is 5.32 Å². The van der Waals surface area contributed by atoms with E-state index >= 15 is 0 Å². The summed E-state index contributed by atoms with van der Waals surface area (Å²) in [7, 11) is 2.87. The third-order valence-corrected chi connectivity index (χ3v) is 3.82. The van der Waals surface area contributed by atoms with E-state index in [4.69, 9.17) is 16.3 Å². The molecule has 0 aromatic heterocycles. The van der Waals surface area contributed by atoms with Gasteiger partial charge in [0.15, 0.2) is 0 Å². The maximum atomic E-state index is 12.1. The Morgan fingerprint density at radius 1 is 1.20 bits per heavy atom. The quantitative estimate of drug-likeness (QED) is 0.532. The van der Waals surface area contributed by atoms with E-state index < -0.39 is 5.97 Å². The number of amides is 2. The zero-order valence-corrected chi connectivity index (χ0v) is 15.4. The number of nitrogens with zero attached hydrogens (tertiary/aromatic N) is 1. The first kappa shape index (κ1) is 20.9. The number of hydrogen-bond donors (Lipinski definition) is 1. The van der Waals surface area contributed by atoms with Crippen LogP contribution in [0, 0.1) is 0 Å². The lowest BCUT2D eigenvalue weighted by Crippen LogP contribution is -2.33. The predicted molar refractivity (Wildman–Crippen MR) is 94.8 cm³/mol. The van der Waals surface area contributed by atoms with E-state index in [1.54, 1.807) is 12.0 Å². The van der Waals surface area contributed by atoms with Crippen molar-refractivity contribution >= 4 is 35.1 Å².